The molecule has 0 saturated carbocycles. The molecule has 0 aromatic rings. The Morgan fingerprint density at radius 3 is 2.12 bits per heavy atom. The van der Waals surface area contributed by atoms with Crippen molar-refractivity contribution in [1.29, 1.82) is 0 Å². The Hall–Kier alpha value is 0.960. The molecule has 0 heterocycles. The maximum absolute atomic E-state index is 5.25. The van der Waals surface area contributed by atoms with E-state index in [2.05, 4.69) is 6.92 Å². The van der Waals surface area contributed by atoms with Crippen LogP contribution in [-0.2, 0) is 0 Å². The first-order valence-electron chi connectivity index (χ1n) is 2.91. The molecule has 2 N–H and O–H groups in total. The number of nitrogens with two attached hydrogens (primary N) is 1. The van der Waals surface area contributed by atoms with E-state index in [4.69, 9.17) is 5.73 Å². The van der Waals surface area contributed by atoms with E-state index in [0.29, 0.717) is 0 Å². The van der Waals surface area contributed by atoms with Crippen LogP contribution in [-0.4, -0.2) is 36.1 Å². The Labute approximate surface area is 74.3 Å². The zero-order valence-corrected chi connectivity index (χ0v) is 4.82. The van der Waals surface area contributed by atoms with E-state index in [9.17, 15) is 0 Å². The van der Waals surface area contributed by atoms with Gasteiger partial charge in [-0.1, -0.05) is 26.2 Å². The average Bonchev–Trinajstić information content (AvgIpc) is 1.69. The molecule has 2 heteroatoms. The summed E-state index contributed by atoms with van der Waals surface area (Å²) >= 11 is 0. The van der Waals surface area contributed by atoms with E-state index >= 15 is 0 Å². The summed E-state index contributed by atoms with van der Waals surface area (Å²) in [5, 5.41) is 0. The van der Waals surface area contributed by atoms with Gasteiger partial charge in [0, 0.05) is 0 Å². The zero-order chi connectivity index (χ0) is 5.54. The minimum atomic E-state index is 0. The van der Waals surface area contributed by atoms with Crippen LogP contribution in [0.3, 0.4) is 0 Å². The molecule has 0 spiro atoms. The van der Waals surface area contributed by atoms with Crippen LogP contribution in [0.4, 0.5) is 0 Å². The number of unbranched alkanes of at least 4 members (excludes halogenated alkanes) is 3. The third-order valence-corrected chi connectivity index (χ3v) is 0.954. The molecule has 0 saturated heterocycles. The van der Waals surface area contributed by atoms with Gasteiger partial charge in [-0.05, 0) is 13.0 Å². The molecule has 0 rings (SSSR count). The fourth-order valence-corrected chi connectivity index (χ4v) is 0.498. The Balaban J connectivity index is 0. The van der Waals surface area contributed by atoms with Gasteiger partial charge in [0.1, 0.15) is 0 Å². The fourth-order valence-electron chi connectivity index (χ4n) is 0.498. The number of rotatable bonds is 4. The Morgan fingerprint density at radius 1 is 1.12 bits per heavy atom. The van der Waals surface area contributed by atoms with Crippen molar-refractivity contribution in [2.24, 2.45) is 5.73 Å². The SMILES string of the molecule is [CH2]CCCCCN.[NaH]. The summed E-state index contributed by atoms with van der Waals surface area (Å²) in [6.45, 7) is 4.55. The summed E-state index contributed by atoms with van der Waals surface area (Å²) in [6, 6.07) is 0. The van der Waals surface area contributed by atoms with Crippen molar-refractivity contribution in [3.05, 3.63) is 6.92 Å². The van der Waals surface area contributed by atoms with E-state index < -0.39 is 0 Å². The van der Waals surface area contributed by atoms with E-state index in [0.717, 1.165) is 19.4 Å². The summed E-state index contributed by atoms with van der Waals surface area (Å²) in [4.78, 5) is 0. The first kappa shape index (κ1) is 11.7. The second-order valence-electron chi connectivity index (χ2n) is 1.70. The molecule has 1 nitrogen and oxygen atoms in total. The maximum atomic E-state index is 5.25. The van der Waals surface area contributed by atoms with Crippen molar-refractivity contribution < 1.29 is 0 Å². The topological polar surface area (TPSA) is 26.0 Å². The molecule has 0 unspecified atom stereocenters. The summed E-state index contributed by atoms with van der Waals surface area (Å²) in [5.74, 6) is 0. The van der Waals surface area contributed by atoms with Gasteiger partial charge in [-0.3, -0.25) is 0 Å². The average molecular weight is 124 g/mol. The van der Waals surface area contributed by atoms with Crippen molar-refractivity contribution in [2.75, 3.05) is 6.54 Å². The third-order valence-electron chi connectivity index (χ3n) is 0.954. The van der Waals surface area contributed by atoms with Gasteiger partial charge < -0.3 is 5.73 Å². The standard InChI is InChI=1S/C6H14N.Na.H/c1-2-3-4-5-6-7;;/h1-7H2;;. The molecule has 8 heavy (non-hydrogen) atoms. The molecule has 0 aromatic heterocycles. The van der Waals surface area contributed by atoms with Crippen LogP contribution in [0.25, 0.3) is 0 Å². The van der Waals surface area contributed by atoms with Crippen LogP contribution < -0.4 is 5.73 Å². The molecule has 45 valence electrons. The predicted molar refractivity (Wildman–Crippen MR) is 40.0 cm³/mol. The van der Waals surface area contributed by atoms with Crippen LogP contribution in [0, 0.1) is 6.92 Å². The van der Waals surface area contributed by atoms with Gasteiger partial charge in [0.2, 0.25) is 0 Å². The van der Waals surface area contributed by atoms with E-state index in [1.807, 2.05) is 0 Å². The van der Waals surface area contributed by atoms with Crippen molar-refractivity contribution in [1.82, 2.24) is 0 Å². The molecule has 0 aromatic carbocycles. The van der Waals surface area contributed by atoms with Crippen LogP contribution in [0.1, 0.15) is 25.7 Å². The Morgan fingerprint density at radius 2 is 1.75 bits per heavy atom. The molecule has 0 fully saturated rings. The van der Waals surface area contributed by atoms with Gasteiger partial charge in [-0.2, -0.15) is 0 Å². The predicted octanol–water partition coefficient (Wildman–Crippen LogP) is 0.691. The Bertz CT molecular complexity index is 27.7. The van der Waals surface area contributed by atoms with Gasteiger partial charge >= 0.3 is 29.6 Å². The summed E-state index contributed by atoms with van der Waals surface area (Å²) in [7, 11) is 0. The summed E-state index contributed by atoms with van der Waals surface area (Å²) in [5.41, 5.74) is 5.25. The van der Waals surface area contributed by atoms with E-state index in [-0.39, 0.29) is 29.6 Å². The molecular formula is C6H15NNa. The van der Waals surface area contributed by atoms with E-state index in [1.54, 1.807) is 0 Å². The molecule has 0 amide bonds. The van der Waals surface area contributed by atoms with Crippen LogP contribution >= 0.6 is 0 Å². The van der Waals surface area contributed by atoms with Crippen molar-refractivity contribution >= 4 is 29.6 Å². The first-order valence-corrected chi connectivity index (χ1v) is 2.91. The third kappa shape index (κ3) is 10.0. The fraction of sp³-hybridized carbons (Fsp3) is 0.833. The van der Waals surface area contributed by atoms with Crippen LogP contribution in [0.15, 0.2) is 0 Å². The van der Waals surface area contributed by atoms with Crippen LogP contribution in [0.5, 0.6) is 0 Å². The van der Waals surface area contributed by atoms with Gasteiger partial charge in [-0.15, -0.1) is 0 Å². The van der Waals surface area contributed by atoms with Gasteiger partial charge in [0.25, 0.3) is 0 Å². The number of hydrogen-bond acceptors (Lipinski definition) is 1. The van der Waals surface area contributed by atoms with Gasteiger partial charge in [0.05, 0.1) is 0 Å². The minimum absolute atomic E-state index is 0. The van der Waals surface area contributed by atoms with E-state index in [1.165, 1.54) is 12.8 Å². The normalized spacial score (nSPS) is 8.25. The summed E-state index contributed by atoms with van der Waals surface area (Å²) in [6.07, 6.45) is 4.70. The molecule has 0 bridgehead atoms. The molecule has 0 aliphatic heterocycles. The monoisotopic (exact) mass is 124 g/mol. The quantitative estimate of drug-likeness (QED) is 0.433. The van der Waals surface area contributed by atoms with Crippen molar-refractivity contribution in [3.63, 3.8) is 0 Å². The molecule has 1 radical (unpaired) electrons. The summed E-state index contributed by atoms with van der Waals surface area (Å²) < 4.78 is 0. The molecular weight excluding hydrogens is 109 g/mol. The number of hydrogen-bond donors (Lipinski definition) is 1. The Kier molecular flexibility index (Phi) is 15.9. The van der Waals surface area contributed by atoms with Gasteiger partial charge in [-0.25, -0.2) is 0 Å². The van der Waals surface area contributed by atoms with Crippen molar-refractivity contribution in [3.8, 4) is 0 Å². The second-order valence-corrected chi connectivity index (χ2v) is 1.70. The van der Waals surface area contributed by atoms with Crippen LogP contribution in [0.2, 0.25) is 0 Å². The molecule has 0 atom stereocenters. The van der Waals surface area contributed by atoms with Gasteiger partial charge in [0.15, 0.2) is 0 Å². The first-order chi connectivity index (χ1) is 3.41. The zero-order valence-electron chi connectivity index (χ0n) is 4.82. The second kappa shape index (κ2) is 10.9. The molecule has 0 aliphatic rings. The molecule has 0 aliphatic carbocycles. The van der Waals surface area contributed by atoms with Crippen molar-refractivity contribution in [2.45, 2.75) is 25.7 Å².